The second-order valence-corrected chi connectivity index (χ2v) is 8.95. The van der Waals surface area contributed by atoms with Crippen LogP contribution < -0.4 is 10.1 Å². The van der Waals surface area contributed by atoms with E-state index in [9.17, 15) is 28.2 Å². The van der Waals surface area contributed by atoms with Crippen LogP contribution in [0.2, 0.25) is 0 Å². The first kappa shape index (κ1) is 26.9. The van der Waals surface area contributed by atoms with Gasteiger partial charge in [-0.05, 0) is 49.1 Å². The van der Waals surface area contributed by atoms with Crippen molar-refractivity contribution in [1.29, 1.82) is 0 Å². The van der Waals surface area contributed by atoms with E-state index in [1.54, 1.807) is 44.2 Å². The minimum atomic E-state index is -4.78. The number of rotatable bonds is 7. The van der Waals surface area contributed by atoms with E-state index in [1.807, 2.05) is 0 Å². The Morgan fingerprint density at radius 1 is 1.14 bits per heavy atom. The van der Waals surface area contributed by atoms with Crippen LogP contribution in [0.15, 0.2) is 42.5 Å². The zero-order valence-corrected chi connectivity index (χ0v) is 19.9. The third kappa shape index (κ3) is 6.13. The Balaban J connectivity index is 2.07. The van der Waals surface area contributed by atoms with Crippen LogP contribution in [0.4, 0.5) is 13.2 Å². The highest BCUT2D eigenvalue weighted by Gasteiger charge is 2.51. The number of ether oxygens (including phenoxy) is 3. The summed E-state index contributed by atoms with van der Waals surface area (Å²) in [6.07, 6.45) is -10.2. The molecule has 10 heteroatoms. The summed E-state index contributed by atoms with van der Waals surface area (Å²) in [5.41, 5.74) is -0.744. The molecule has 1 unspecified atom stereocenters. The summed E-state index contributed by atoms with van der Waals surface area (Å²) in [5, 5.41) is 23.6. The molecule has 4 atom stereocenters. The van der Waals surface area contributed by atoms with E-state index in [1.165, 1.54) is 20.1 Å². The number of alkyl halides is 3. The highest BCUT2D eigenvalue weighted by molar-refractivity contribution is 5.73. The van der Waals surface area contributed by atoms with Crippen LogP contribution in [0.5, 0.6) is 5.75 Å². The number of carbonyl (C=O) groups excluding carboxylic acids is 1. The number of benzene rings is 2. The lowest BCUT2D eigenvalue weighted by atomic mass is 9.89. The SMILES string of the molecule is CO[C@@H]1[C@@H](O)[C@@H](O)C(Oc2cc(-c3ccccc3)c(CCNC(C)=O)cc2C(F)(F)F)OC1(C)C. The van der Waals surface area contributed by atoms with Gasteiger partial charge >= 0.3 is 6.18 Å². The van der Waals surface area contributed by atoms with Crippen molar-refractivity contribution < 1.29 is 42.4 Å². The molecular formula is C25H30F3NO6. The molecule has 3 rings (SSSR count). The molecule has 0 spiro atoms. The second-order valence-electron chi connectivity index (χ2n) is 8.95. The molecule has 1 heterocycles. The predicted octanol–water partition coefficient (Wildman–Crippen LogP) is 3.30. The zero-order valence-electron chi connectivity index (χ0n) is 19.9. The highest BCUT2D eigenvalue weighted by Crippen LogP contribution is 2.42. The van der Waals surface area contributed by atoms with Crippen molar-refractivity contribution in [2.75, 3.05) is 13.7 Å². The maximum atomic E-state index is 14.1. The lowest BCUT2D eigenvalue weighted by molar-refractivity contribution is -0.306. The fourth-order valence-electron chi connectivity index (χ4n) is 4.24. The maximum Gasteiger partial charge on any atom is 0.419 e. The molecule has 1 fully saturated rings. The molecule has 0 aromatic heterocycles. The van der Waals surface area contributed by atoms with Gasteiger partial charge < -0.3 is 29.7 Å². The van der Waals surface area contributed by atoms with Gasteiger partial charge in [-0.15, -0.1) is 0 Å². The molecule has 1 amide bonds. The summed E-state index contributed by atoms with van der Waals surface area (Å²) in [7, 11) is 1.33. The number of aliphatic hydroxyl groups is 2. The van der Waals surface area contributed by atoms with Gasteiger partial charge in [-0.25, -0.2) is 0 Å². The lowest BCUT2D eigenvalue weighted by Crippen LogP contribution is -2.63. The largest absolute Gasteiger partial charge is 0.461 e. The molecule has 192 valence electrons. The molecule has 35 heavy (non-hydrogen) atoms. The van der Waals surface area contributed by atoms with Gasteiger partial charge in [-0.1, -0.05) is 30.3 Å². The van der Waals surface area contributed by atoms with Gasteiger partial charge in [0.15, 0.2) is 0 Å². The number of carbonyl (C=O) groups is 1. The molecule has 7 nitrogen and oxygen atoms in total. The molecule has 2 aromatic rings. The van der Waals surface area contributed by atoms with Gasteiger partial charge in [0, 0.05) is 20.6 Å². The average molecular weight is 498 g/mol. The minimum Gasteiger partial charge on any atom is -0.461 e. The molecule has 0 saturated carbocycles. The lowest BCUT2D eigenvalue weighted by Gasteiger charge is -2.46. The first-order valence-electron chi connectivity index (χ1n) is 11.1. The van der Waals surface area contributed by atoms with Crippen LogP contribution in [0, 0.1) is 0 Å². The fraction of sp³-hybridized carbons (Fsp3) is 0.480. The molecule has 3 N–H and O–H groups in total. The third-order valence-electron chi connectivity index (χ3n) is 5.90. The Labute approximate surface area is 201 Å². The normalized spacial score (nSPS) is 24.1. The van der Waals surface area contributed by atoms with E-state index in [0.29, 0.717) is 16.7 Å². The summed E-state index contributed by atoms with van der Waals surface area (Å²) >= 11 is 0. The van der Waals surface area contributed by atoms with Crippen molar-refractivity contribution in [3.05, 3.63) is 53.6 Å². The molecule has 2 aromatic carbocycles. The van der Waals surface area contributed by atoms with Crippen LogP contribution in [0.25, 0.3) is 11.1 Å². The Hall–Kier alpha value is -2.66. The van der Waals surface area contributed by atoms with E-state index < -0.39 is 47.7 Å². The predicted molar refractivity (Wildman–Crippen MR) is 122 cm³/mol. The van der Waals surface area contributed by atoms with Crippen LogP contribution in [-0.4, -0.2) is 60.0 Å². The van der Waals surface area contributed by atoms with Crippen LogP contribution >= 0.6 is 0 Å². The maximum absolute atomic E-state index is 14.1. The van der Waals surface area contributed by atoms with Crippen molar-refractivity contribution >= 4 is 5.91 Å². The Kier molecular flexibility index (Phi) is 8.10. The first-order chi connectivity index (χ1) is 16.3. The third-order valence-corrected chi connectivity index (χ3v) is 5.90. The number of hydrogen-bond acceptors (Lipinski definition) is 6. The monoisotopic (exact) mass is 497 g/mol. The molecule has 0 radical (unpaired) electrons. The quantitative estimate of drug-likeness (QED) is 0.543. The van der Waals surface area contributed by atoms with Crippen molar-refractivity contribution in [3.63, 3.8) is 0 Å². The number of halogens is 3. The van der Waals surface area contributed by atoms with E-state index >= 15 is 0 Å². The zero-order chi connectivity index (χ0) is 26.0. The Morgan fingerprint density at radius 2 is 1.80 bits per heavy atom. The smallest absolute Gasteiger partial charge is 0.419 e. The Morgan fingerprint density at radius 3 is 2.37 bits per heavy atom. The van der Waals surface area contributed by atoms with Gasteiger partial charge in [-0.2, -0.15) is 13.2 Å². The standard InChI is InChI=1S/C25H30F3NO6/c1-14(30)29-11-10-16-12-18(25(26,27)28)19(13-17(16)15-8-6-5-7-9-15)34-23-21(32)20(31)22(33-4)24(2,3)35-23/h5-9,12-13,20-23,31-32H,10-11H2,1-4H3,(H,29,30)/t20-,21+,22+,23?/m0/s1. The number of methoxy groups -OCH3 is 1. The van der Waals surface area contributed by atoms with E-state index in [4.69, 9.17) is 14.2 Å². The number of amides is 1. The fourth-order valence-corrected chi connectivity index (χ4v) is 4.24. The molecule has 1 saturated heterocycles. The average Bonchev–Trinajstić information content (AvgIpc) is 2.77. The van der Waals surface area contributed by atoms with Gasteiger partial charge in [0.2, 0.25) is 12.2 Å². The summed E-state index contributed by atoms with van der Waals surface area (Å²) < 4.78 is 58.8. The van der Waals surface area contributed by atoms with Gasteiger partial charge in [0.25, 0.3) is 0 Å². The molecule has 1 aliphatic heterocycles. The van der Waals surface area contributed by atoms with Crippen molar-refractivity contribution in [2.45, 2.75) is 63.6 Å². The van der Waals surface area contributed by atoms with E-state index in [0.717, 1.165) is 6.07 Å². The van der Waals surface area contributed by atoms with Crippen LogP contribution in [0.1, 0.15) is 31.9 Å². The Bertz CT molecular complexity index is 1030. The van der Waals surface area contributed by atoms with Gasteiger partial charge in [0.1, 0.15) is 24.1 Å². The number of hydrogen-bond donors (Lipinski definition) is 3. The van der Waals surface area contributed by atoms with E-state index in [2.05, 4.69) is 5.32 Å². The topological polar surface area (TPSA) is 97.3 Å². The van der Waals surface area contributed by atoms with E-state index in [-0.39, 0.29) is 18.9 Å². The summed E-state index contributed by atoms with van der Waals surface area (Å²) in [5.74, 6) is -0.844. The summed E-state index contributed by atoms with van der Waals surface area (Å²) in [6, 6.07) is 11.0. The minimum absolute atomic E-state index is 0.149. The van der Waals surface area contributed by atoms with Crippen LogP contribution in [-0.2, 0) is 26.9 Å². The first-order valence-corrected chi connectivity index (χ1v) is 11.1. The summed E-state index contributed by atoms with van der Waals surface area (Å²) in [4.78, 5) is 11.3. The van der Waals surface area contributed by atoms with Gasteiger partial charge in [0.05, 0.1) is 11.2 Å². The molecule has 1 aliphatic rings. The summed E-state index contributed by atoms with van der Waals surface area (Å²) in [6.45, 7) is 4.64. The second kappa shape index (κ2) is 10.5. The van der Waals surface area contributed by atoms with Crippen molar-refractivity contribution in [1.82, 2.24) is 5.32 Å². The highest BCUT2D eigenvalue weighted by atomic mass is 19.4. The van der Waals surface area contributed by atoms with Gasteiger partial charge in [-0.3, -0.25) is 4.79 Å². The molecule has 0 bridgehead atoms. The number of nitrogens with one attached hydrogen (secondary N) is 1. The molecule has 0 aliphatic carbocycles. The molecular weight excluding hydrogens is 467 g/mol. The number of aliphatic hydroxyl groups excluding tert-OH is 2. The van der Waals surface area contributed by atoms with Crippen LogP contribution in [0.3, 0.4) is 0 Å². The van der Waals surface area contributed by atoms with Crippen molar-refractivity contribution in [3.8, 4) is 16.9 Å². The van der Waals surface area contributed by atoms with Crippen molar-refractivity contribution in [2.24, 2.45) is 0 Å².